The molecule has 0 spiro atoms. The van der Waals surface area contributed by atoms with E-state index in [0.717, 1.165) is 24.8 Å². The second-order valence-electron chi connectivity index (χ2n) is 3.99. The molecule has 1 aliphatic rings. The first kappa shape index (κ1) is 13.0. The van der Waals surface area contributed by atoms with Crippen LogP contribution in [0.5, 0.6) is 0 Å². The van der Waals surface area contributed by atoms with Gasteiger partial charge in [-0.2, -0.15) is 0 Å². The Labute approximate surface area is 97.2 Å². The van der Waals surface area contributed by atoms with Gasteiger partial charge in [0.15, 0.2) is 0 Å². The number of rotatable bonds is 6. The molecule has 0 fully saturated rings. The third kappa shape index (κ3) is 4.21. The van der Waals surface area contributed by atoms with Crippen LogP contribution in [0, 0.1) is 0 Å². The summed E-state index contributed by atoms with van der Waals surface area (Å²) < 4.78 is 0. The lowest BCUT2D eigenvalue weighted by Gasteiger charge is -2.16. The molecule has 0 heterocycles. The van der Waals surface area contributed by atoms with Crippen LogP contribution in [-0.4, -0.2) is 29.4 Å². The molecule has 0 aromatic carbocycles. The maximum atomic E-state index is 9.70. The number of allylic oxidation sites excluding steroid dienone is 4. The maximum absolute atomic E-state index is 9.70. The Hall–Kier alpha value is -1.06. The van der Waals surface area contributed by atoms with Gasteiger partial charge in [-0.15, -0.1) is 0 Å². The molecule has 0 bridgehead atoms. The molecule has 3 nitrogen and oxygen atoms in total. The average Bonchev–Trinajstić information content (AvgIpc) is 2.49. The van der Waals surface area contributed by atoms with E-state index in [1.54, 1.807) is 6.08 Å². The lowest BCUT2D eigenvalue weighted by atomic mass is 10.1. The largest absolute Gasteiger partial charge is 0.508 e. The van der Waals surface area contributed by atoms with Crippen LogP contribution < -0.4 is 5.32 Å². The van der Waals surface area contributed by atoms with E-state index in [0.29, 0.717) is 12.3 Å². The van der Waals surface area contributed by atoms with Gasteiger partial charge in [0.25, 0.3) is 0 Å². The van der Waals surface area contributed by atoms with E-state index < -0.39 is 0 Å². The summed E-state index contributed by atoms with van der Waals surface area (Å²) in [6.07, 6.45) is 10.4. The van der Waals surface area contributed by atoms with Crippen molar-refractivity contribution in [1.82, 2.24) is 5.32 Å². The van der Waals surface area contributed by atoms with Crippen molar-refractivity contribution in [1.29, 1.82) is 0 Å². The summed E-state index contributed by atoms with van der Waals surface area (Å²) in [5, 5.41) is 22.1. The van der Waals surface area contributed by atoms with Gasteiger partial charge in [0, 0.05) is 18.2 Å². The Kier molecular flexibility index (Phi) is 5.90. The minimum atomic E-state index is 0.120. The van der Waals surface area contributed by atoms with Gasteiger partial charge in [-0.05, 0) is 18.9 Å². The quantitative estimate of drug-likeness (QED) is 0.646. The Bertz CT molecular complexity index is 292. The summed E-state index contributed by atoms with van der Waals surface area (Å²) in [7, 11) is 0. The molecule has 0 saturated heterocycles. The fraction of sp³-hybridized carbons (Fsp3) is 0.538. The number of aliphatic hydroxyl groups excluding tert-OH is 2. The predicted molar refractivity (Wildman–Crippen MR) is 66.3 cm³/mol. The van der Waals surface area contributed by atoms with Crippen LogP contribution in [0.3, 0.4) is 0 Å². The zero-order valence-corrected chi connectivity index (χ0v) is 9.82. The number of hydrogen-bond donors (Lipinski definition) is 3. The molecule has 0 aromatic rings. The fourth-order valence-electron chi connectivity index (χ4n) is 1.68. The topological polar surface area (TPSA) is 52.5 Å². The Morgan fingerprint density at radius 3 is 3.00 bits per heavy atom. The molecule has 0 aromatic heterocycles. The first-order valence-corrected chi connectivity index (χ1v) is 5.87. The SMILES string of the molecule is CCCC(CO)NCC1=CCC=CC=C1O. The van der Waals surface area contributed by atoms with Crippen molar-refractivity contribution >= 4 is 0 Å². The lowest BCUT2D eigenvalue weighted by Crippen LogP contribution is -2.34. The van der Waals surface area contributed by atoms with E-state index in [2.05, 4.69) is 12.2 Å². The first-order valence-electron chi connectivity index (χ1n) is 5.87. The zero-order chi connectivity index (χ0) is 11.8. The molecule has 3 N–H and O–H groups in total. The van der Waals surface area contributed by atoms with E-state index >= 15 is 0 Å². The maximum Gasteiger partial charge on any atom is 0.119 e. The molecular formula is C13H21NO2. The third-order valence-electron chi connectivity index (χ3n) is 2.66. The van der Waals surface area contributed by atoms with Crippen LogP contribution in [0.25, 0.3) is 0 Å². The fourth-order valence-corrected chi connectivity index (χ4v) is 1.68. The molecule has 16 heavy (non-hydrogen) atoms. The lowest BCUT2D eigenvalue weighted by molar-refractivity contribution is 0.237. The van der Waals surface area contributed by atoms with Crippen molar-refractivity contribution in [2.45, 2.75) is 32.2 Å². The van der Waals surface area contributed by atoms with E-state index in [9.17, 15) is 5.11 Å². The first-order chi connectivity index (χ1) is 7.77. The minimum absolute atomic E-state index is 0.120. The average molecular weight is 223 g/mol. The highest BCUT2D eigenvalue weighted by Gasteiger charge is 2.08. The van der Waals surface area contributed by atoms with Crippen molar-refractivity contribution < 1.29 is 10.2 Å². The summed E-state index contributed by atoms with van der Waals surface area (Å²) in [5.74, 6) is 0.314. The normalized spacial score (nSPS) is 17.6. The van der Waals surface area contributed by atoms with Gasteiger partial charge >= 0.3 is 0 Å². The van der Waals surface area contributed by atoms with Crippen molar-refractivity contribution in [2.75, 3.05) is 13.2 Å². The molecule has 0 radical (unpaired) electrons. The Morgan fingerprint density at radius 1 is 1.50 bits per heavy atom. The standard InChI is InChI=1S/C13H21NO2/c1-2-6-12(10-15)14-9-11-7-4-3-5-8-13(11)16/h3,5,7-8,12,14-16H,2,4,6,9-10H2,1H3. The van der Waals surface area contributed by atoms with Gasteiger partial charge in [0.2, 0.25) is 0 Å². The van der Waals surface area contributed by atoms with E-state index in [1.165, 1.54) is 0 Å². The van der Waals surface area contributed by atoms with Gasteiger partial charge in [-0.25, -0.2) is 0 Å². The number of nitrogens with one attached hydrogen (secondary N) is 1. The molecule has 0 aliphatic heterocycles. The molecule has 1 aliphatic carbocycles. The molecule has 1 rings (SSSR count). The molecule has 0 saturated carbocycles. The molecule has 1 unspecified atom stereocenters. The van der Waals surface area contributed by atoms with Gasteiger partial charge < -0.3 is 15.5 Å². The van der Waals surface area contributed by atoms with E-state index in [-0.39, 0.29) is 12.6 Å². The number of aliphatic hydroxyl groups is 2. The monoisotopic (exact) mass is 223 g/mol. The number of hydrogen-bond acceptors (Lipinski definition) is 3. The Balaban J connectivity index is 2.44. The summed E-state index contributed by atoms with van der Waals surface area (Å²) >= 11 is 0. The van der Waals surface area contributed by atoms with Crippen LogP contribution in [0.2, 0.25) is 0 Å². The predicted octanol–water partition coefficient (Wildman–Crippen LogP) is 2.07. The van der Waals surface area contributed by atoms with E-state index in [4.69, 9.17) is 5.11 Å². The third-order valence-corrected chi connectivity index (χ3v) is 2.66. The molecule has 3 heteroatoms. The second-order valence-corrected chi connectivity index (χ2v) is 3.99. The van der Waals surface area contributed by atoms with Crippen molar-refractivity contribution in [3.63, 3.8) is 0 Å². The molecular weight excluding hydrogens is 202 g/mol. The van der Waals surface area contributed by atoms with Crippen LogP contribution in [0.15, 0.2) is 35.6 Å². The zero-order valence-electron chi connectivity index (χ0n) is 9.82. The van der Waals surface area contributed by atoms with E-state index in [1.807, 2.05) is 18.2 Å². The van der Waals surface area contributed by atoms with Crippen LogP contribution in [-0.2, 0) is 0 Å². The van der Waals surface area contributed by atoms with Crippen LogP contribution in [0.1, 0.15) is 26.2 Å². The molecule has 0 amide bonds. The summed E-state index contributed by atoms with van der Waals surface area (Å²) in [6, 6.07) is 0.120. The highest BCUT2D eigenvalue weighted by atomic mass is 16.3. The van der Waals surface area contributed by atoms with Crippen molar-refractivity contribution in [3.8, 4) is 0 Å². The summed E-state index contributed by atoms with van der Waals surface area (Å²) in [4.78, 5) is 0. The summed E-state index contributed by atoms with van der Waals surface area (Å²) in [5.41, 5.74) is 0.902. The van der Waals surface area contributed by atoms with Gasteiger partial charge in [-0.3, -0.25) is 0 Å². The van der Waals surface area contributed by atoms with Gasteiger partial charge in [0.05, 0.1) is 6.61 Å². The van der Waals surface area contributed by atoms with Crippen LogP contribution >= 0.6 is 0 Å². The highest BCUT2D eigenvalue weighted by molar-refractivity contribution is 5.32. The van der Waals surface area contributed by atoms with Crippen molar-refractivity contribution in [2.24, 2.45) is 0 Å². The van der Waals surface area contributed by atoms with Gasteiger partial charge in [-0.1, -0.05) is 31.6 Å². The van der Waals surface area contributed by atoms with Crippen LogP contribution in [0.4, 0.5) is 0 Å². The Morgan fingerprint density at radius 2 is 2.31 bits per heavy atom. The van der Waals surface area contributed by atoms with Gasteiger partial charge in [0.1, 0.15) is 5.76 Å². The molecule has 1 atom stereocenters. The minimum Gasteiger partial charge on any atom is -0.508 e. The molecule has 90 valence electrons. The highest BCUT2D eigenvalue weighted by Crippen LogP contribution is 2.11. The summed E-state index contributed by atoms with van der Waals surface area (Å²) in [6.45, 7) is 2.84. The van der Waals surface area contributed by atoms with Crippen molar-refractivity contribution in [3.05, 3.63) is 35.6 Å². The smallest absolute Gasteiger partial charge is 0.119 e. The second kappa shape index (κ2) is 7.25.